The zero-order chi connectivity index (χ0) is 23.0. The van der Waals surface area contributed by atoms with Gasteiger partial charge < -0.3 is 4.74 Å². The minimum Gasteiger partial charge on any atom is -0.406 e. The molecular formula is C19H11F3N4O4S2. The number of hydrogen-bond donors (Lipinski definition) is 1. The van der Waals surface area contributed by atoms with E-state index in [2.05, 4.69) is 20.0 Å². The molecule has 1 amide bonds. The molecule has 0 bridgehead atoms. The van der Waals surface area contributed by atoms with Crippen molar-refractivity contribution in [1.82, 2.24) is 9.97 Å². The fourth-order valence-electron chi connectivity index (χ4n) is 2.81. The molecule has 0 saturated heterocycles. The SMILES string of the molecule is Cc1csc2c(-c3ccc(OC(F)(F)F)cc3)nc(NC(=O)c3ccc([N+](=O)[O-])s3)nc12. The van der Waals surface area contributed by atoms with Crippen LogP contribution >= 0.6 is 22.7 Å². The summed E-state index contributed by atoms with van der Waals surface area (Å²) in [5, 5.41) is 15.0. The Morgan fingerprint density at radius 2 is 1.88 bits per heavy atom. The molecule has 0 radical (unpaired) electrons. The first-order valence-corrected chi connectivity index (χ1v) is 10.5. The Hall–Kier alpha value is -3.58. The number of ether oxygens (including phenoxy) is 1. The smallest absolute Gasteiger partial charge is 0.406 e. The standard InChI is InChI=1S/C19H11F3N4O4S2/c1-9-8-31-16-14(9)23-18(25-17(27)12-6-7-13(32-12)26(28)29)24-15(16)10-2-4-11(5-3-10)30-19(20,21)22/h2-8H,1H3,(H,23,24,25,27). The number of hydrogen-bond acceptors (Lipinski definition) is 8. The van der Waals surface area contributed by atoms with Crippen LogP contribution in [0.4, 0.5) is 24.1 Å². The molecule has 4 aromatic rings. The molecule has 1 N–H and O–H groups in total. The van der Waals surface area contributed by atoms with E-state index in [4.69, 9.17) is 0 Å². The number of thiophene rings is 2. The molecule has 164 valence electrons. The number of aryl methyl sites for hydroxylation is 1. The van der Waals surface area contributed by atoms with Gasteiger partial charge in [-0.15, -0.1) is 24.5 Å². The zero-order valence-electron chi connectivity index (χ0n) is 16.0. The lowest BCUT2D eigenvalue weighted by atomic mass is 10.1. The summed E-state index contributed by atoms with van der Waals surface area (Å²) in [5.74, 6) is -1.03. The second-order valence-electron chi connectivity index (χ2n) is 6.41. The van der Waals surface area contributed by atoms with E-state index in [1.54, 1.807) is 0 Å². The summed E-state index contributed by atoms with van der Waals surface area (Å²) in [7, 11) is 0. The monoisotopic (exact) mass is 480 g/mol. The van der Waals surface area contributed by atoms with Crippen LogP contribution in [0.1, 0.15) is 15.2 Å². The average molecular weight is 480 g/mol. The first-order chi connectivity index (χ1) is 15.1. The van der Waals surface area contributed by atoms with Crippen LogP contribution in [-0.2, 0) is 0 Å². The van der Waals surface area contributed by atoms with Crippen molar-refractivity contribution in [3.8, 4) is 17.0 Å². The number of aromatic nitrogens is 2. The van der Waals surface area contributed by atoms with Crippen LogP contribution in [0.5, 0.6) is 5.75 Å². The molecule has 13 heteroatoms. The van der Waals surface area contributed by atoms with E-state index in [-0.39, 0.29) is 21.6 Å². The third kappa shape index (κ3) is 4.53. The maximum absolute atomic E-state index is 12.5. The van der Waals surface area contributed by atoms with Crippen molar-refractivity contribution in [2.45, 2.75) is 13.3 Å². The minimum atomic E-state index is -4.80. The number of amides is 1. The maximum atomic E-state index is 12.5. The van der Waals surface area contributed by atoms with Crippen LogP contribution in [0.15, 0.2) is 41.8 Å². The van der Waals surface area contributed by atoms with Gasteiger partial charge in [-0.25, -0.2) is 9.97 Å². The molecule has 3 heterocycles. The third-order valence-electron chi connectivity index (χ3n) is 4.17. The molecule has 0 aliphatic heterocycles. The fraction of sp³-hybridized carbons (Fsp3) is 0.105. The number of benzene rings is 1. The van der Waals surface area contributed by atoms with Gasteiger partial charge in [0.1, 0.15) is 5.75 Å². The van der Waals surface area contributed by atoms with Gasteiger partial charge in [-0.1, -0.05) is 11.3 Å². The highest BCUT2D eigenvalue weighted by atomic mass is 32.1. The Morgan fingerprint density at radius 1 is 1.16 bits per heavy atom. The second-order valence-corrected chi connectivity index (χ2v) is 8.36. The number of carbonyl (C=O) groups excluding carboxylic acids is 1. The topological polar surface area (TPSA) is 107 Å². The summed E-state index contributed by atoms with van der Waals surface area (Å²) in [6.07, 6.45) is -4.80. The van der Waals surface area contributed by atoms with Gasteiger partial charge in [0.05, 0.1) is 25.7 Å². The number of carbonyl (C=O) groups is 1. The fourth-order valence-corrected chi connectivity index (χ4v) is 4.52. The summed E-state index contributed by atoms with van der Waals surface area (Å²) < 4.78 is 41.8. The van der Waals surface area contributed by atoms with Crippen molar-refractivity contribution in [3.63, 3.8) is 0 Å². The Morgan fingerprint density at radius 3 is 2.50 bits per heavy atom. The van der Waals surface area contributed by atoms with Gasteiger partial charge in [-0.3, -0.25) is 20.2 Å². The molecular weight excluding hydrogens is 469 g/mol. The number of fused-ring (bicyclic) bond motifs is 1. The highest BCUT2D eigenvalue weighted by Crippen LogP contribution is 2.35. The van der Waals surface area contributed by atoms with Crippen molar-refractivity contribution in [1.29, 1.82) is 0 Å². The number of nitrogens with one attached hydrogen (secondary N) is 1. The lowest BCUT2D eigenvalue weighted by Crippen LogP contribution is -2.16. The predicted octanol–water partition coefficient (Wildman–Crippen LogP) is 5.79. The Kier molecular flexibility index (Phi) is 5.52. The van der Waals surface area contributed by atoms with Gasteiger partial charge >= 0.3 is 11.4 Å². The van der Waals surface area contributed by atoms with E-state index in [1.807, 2.05) is 12.3 Å². The summed E-state index contributed by atoms with van der Waals surface area (Å²) in [5.41, 5.74) is 2.31. The van der Waals surface area contributed by atoms with Crippen molar-refractivity contribution in [2.75, 3.05) is 5.32 Å². The van der Waals surface area contributed by atoms with Crippen LogP contribution < -0.4 is 10.1 Å². The molecule has 0 saturated carbocycles. The average Bonchev–Trinajstić information content (AvgIpc) is 3.35. The van der Waals surface area contributed by atoms with Crippen LogP contribution in [0.25, 0.3) is 21.5 Å². The number of nitrogens with zero attached hydrogens (tertiary/aromatic N) is 3. The van der Waals surface area contributed by atoms with Crippen LogP contribution in [0.2, 0.25) is 0 Å². The highest BCUT2D eigenvalue weighted by molar-refractivity contribution is 7.18. The quantitative estimate of drug-likeness (QED) is 0.286. The van der Waals surface area contributed by atoms with Gasteiger partial charge in [0.15, 0.2) is 0 Å². The minimum absolute atomic E-state index is 0.0364. The molecule has 8 nitrogen and oxygen atoms in total. The molecule has 0 atom stereocenters. The molecule has 0 aliphatic carbocycles. The second kappa shape index (κ2) is 8.16. The van der Waals surface area contributed by atoms with Crippen molar-refractivity contribution >= 4 is 49.7 Å². The summed E-state index contributed by atoms with van der Waals surface area (Å²) in [6, 6.07) is 7.73. The number of nitro groups is 1. The Labute approximate surface area is 185 Å². The van der Waals surface area contributed by atoms with E-state index in [9.17, 15) is 28.1 Å². The first kappa shape index (κ1) is 21.6. The van der Waals surface area contributed by atoms with Gasteiger partial charge in [-0.05, 0) is 48.2 Å². The lowest BCUT2D eigenvalue weighted by molar-refractivity contribution is -0.380. The van der Waals surface area contributed by atoms with Gasteiger partial charge in [0.25, 0.3) is 5.91 Å². The van der Waals surface area contributed by atoms with Gasteiger partial charge in [0, 0.05) is 11.6 Å². The number of halogens is 3. The van der Waals surface area contributed by atoms with Crippen molar-refractivity contribution in [3.05, 3.63) is 62.3 Å². The third-order valence-corrected chi connectivity index (χ3v) is 6.30. The summed E-state index contributed by atoms with van der Waals surface area (Å²) in [6.45, 7) is 1.82. The largest absolute Gasteiger partial charge is 0.573 e. The van der Waals surface area contributed by atoms with E-state index < -0.39 is 17.2 Å². The van der Waals surface area contributed by atoms with E-state index in [0.29, 0.717) is 32.8 Å². The highest BCUT2D eigenvalue weighted by Gasteiger charge is 2.31. The molecule has 3 aromatic heterocycles. The summed E-state index contributed by atoms with van der Waals surface area (Å²) in [4.78, 5) is 31.6. The molecule has 0 aliphatic rings. The zero-order valence-corrected chi connectivity index (χ0v) is 17.6. The van der Waals surface area contributed by atoms with Crippen molar-refractivity contribution in [2.24, 2.45) is 0 Å². The Bertz CT molecular complexity index is 1330. The molecule has 0 spiro atoms. The van der Waals surface area contributed by atoms with Crippen LogP contribution in [0.3, 0.4) is 0 Å². The van der Waals surface area contributed by atoms with E-state index >= 15 is 0 Å². The predicted molar refractivity (Wildman–Crippen MR) is 113 cm³/mol. The number of alkyl halides is 3. The number of anilines is 1. The first-order valence-electron chi connectivity index (χ1n) is 8.78. The molecule has 0 fully saturated rings. The maximum Gasteiger partial charge on any atom is 0.573 e. The molecule has 0 unspecified atom stereocenters. The van der Waals surface area contributed by atoms with E-state index in [0.717, 1.165) is 5.56 Å². The van der Waals surface area contributed by atoms with Gasteiger partial charge in [-0.2, -0.15) is 0 Å². The normalized spacial score (nSPS) is 11.5. The molecule has 4 rings (SSSR count). The van der Waals surface area contributed by atoms with Crippen LogP contribution in [-0.4, -0.2) is 27.2 Å². The molecule has 1 aromatic carbocycles. The summed E-state index contributed by atoms with van der Waals surface area (Å²) >= 11 is 2.07. The van der Waals surface area contributed by atoms with E-state index in [1.165, 1.54) is 47.7 Å². The van der Waals surface area contributed by atoms with Crippen LogP contribution in [0, 0.1) is 17.0 Å². The van der Waals surface area contributed by atoms with Gasteiger partial charge in [0.2, 0.25) is 5.95 Å². The number of rotatable bonds is 5. The Balaban J connectivity index is 1.69. The lowest BCUT2D eigenvalue weighted by Gasteiger charge is -2.10. The molecule has 32 heavy (non-hydrogen) atoms. The van der Waals surface area contributed by atoms with Crippen molar-refractivity contribution < 1.29 is 27.6 Å².